The van der Waals surface area contributed by atoms with Crippen LogP contribution in [-0.4, -0.2) is 38.1 Å². The Morgan fingerprint density at radius 3 is 2.52 bits per heavy atom. The number of benzene rings is 1. The molecule has 21 heavy (non-hydrogen) atoms. The summed E-state index contributed by atoms with van der Waals surface area (Å²) < 4.78 is 11.8. The van der Waals surface area contributed by atoms with Crippen LogP contribution in [0.15, 0.2) is 35.7 Å². The van der Waals surface area contributed by atoms with E-state index in [0.29, 0.717) is 13.2 Å². The Balaban J connectivity index is 1.80. The Kier molecular flexibility index (Phi) is 5.86. The van der Waals surface area contributed by atoms with Gasteiger partial charge in [-0.25, -0.2) is 0 Å². The third kappa shape index (κ3) is 4.60. The van der Waals surface area contributed by atoms with E-state index < -0.39 is 0 Å². The van der Waals surface area contributed by atoms with Gasteiger partial charge in [0.25, 0.3) is 5.91 Å². The molecule has 4 nitrogen and oxygen atoms in total. The van der Waals surface area contributed by atoms with E-state index in [2.05, 4.69) is 22.6 Å². The normalized spacial score (nSPS) is 10.2. The maximum atomic E-state index is 12.1. The summed E-state index contributed by atoms with van der Waals surface area (Å²) in [7, 11) is 3.41. The summed E-state index contributed by atoms with van der Waals surface area (Å²) in [6.45, 7) is 0.993. The number of thiophene rings is 1. The van der Waals surface area contributed by atoms with Gasteiger partial charge in [-0.1, -0.05) is 0 Å². The second-order valence-corrected chi connectivity index (χ2v) is 7.20. The number of halogens is 1. The van der Waals surface area contributed by atoms with Gasteiger partial charge in [-0.3, -0.25) is 4.79 Å². The first kappa shape index (κ1) is 16.1. The quantitative estimate of drug-likeness (QED) is 0.676. The second kappa shape index (κ2) is 7.65. The van der Waals surface area contributed by atoms with Gasteiger partial charge in [0, 0.05) is 12.4 Å². The Labute approximate surface area is 141 Å². The van der Waals surface area contributed by atoms with Crippen molar-refractivity contribution in [1.29, 1.82) is 0 Å². The molecule has 6 heteroatoms. The molecule has 0 saturated heterocycles. The molecule has 0 aliphatic carbocycles. The lowest BCUT2D eigenvalue weighted by Crippen LogP contribution is -2.30. The van der Waals surface area contributed by atoms with Crippen LogP contribution in [0.5, 0.6) is 11.5 Å². The van der Waals surface area contributed by atoms with Crippen molar-refractivity contribution in [2.24, 2.45) is 0 Å². The lowest BCUT2D eigenvalue weighted by molar-refractivity contribution is 0.0774. The third-order valence-electron chi connectivity index (χ3n) is 2.92. The Hall–Kier alpha value is -1.28. The monoisotopic (exact) mass is 417 g/mol. The van der Waals surface area contributed by atoms with Crippen molar-refractivity contribution < 1.29 is 14.3 Å². The van der Waals surface area contributed by atoms with E-state index in [0.717, 1.165) is 19.9 Å². The van der Waals surface area contributed by atoms with E-state index in [-0.39, 0.29) is 5.91 Å². The van der Waals surface area contributed by atoms with Gasteiger partial charge < -0.3 is 14.4 Å². The van der Waals surface area contributed by atoms with Gasteiger partial charge >= 0.3 is 0 Å². The number of nitrogens with zero attached hydrogens (tertiary/aromatic N) is 1. The molecule has 0 saturated carbocycles. The van der Waals surface area contributed by atoms with E-state index in [1.54, 1.807) is 30.4 Å². The molecule has 0 aliphatic heterocycles. The molecule has 1 heterocycles. The first-order valence-electron chi connectivity index (χ1n) is 6.36. The number of ether oxygens (including phenoxy) is 2. The molecule has 0 radical (unpaired) electrons. The number of hydrogen-bond acceptors (Lipinski definition) is 4. The zero-order valence-corrected chi connectivity index (χ0v) is 14.8. The van der Waals surface area contributed by atoms with Crippen LogP contribution in [0, 0.1) is 2.88 Å². The molecular formula is C15H16INO3S. The van der Waals surface area contributed by atoms with Crippen LogP contribution in [0.1, 0.15) is 10.4 Å². The smallest absolute Gasteiger partial charge is 0.254 e. The van der Waals surface area contributed by atoms with Crippen LogP contribution in [0.2, 0.25) is 0 Å². The third-order valence-corrected chi connectivity index (χ3v) is 4.70. The first-order valence-corrected chi connectivity index (χ1v) is 8.32. The summed E-state index contributed by atoms with van der Waals surface area (Å²) in [5, 5.41) is 1.88. The maximum absolute atomic E-state index is 12.1. The molecule has 0 aliphatic rings. The van der Waals surface area contributed by atoms with Gasteiger partial charge in [0.15, 0.2) is 0 Å². The largest absolute Gasteiger partial charge is 0.497 e. The summed E-state index contributed by atoms with van der Waals surface area (Å²) in [5.41, 5.74) is 0.733. The molecule has 2 rings (SSSR count). The van der Waals surface area contributed by atoms with Gasteiger partial charge in [0.1, 0.15) is 18.1 Å². The van der Waals surface area contributed by atoms with E-state index in [9.17, 15) is 4.79 Å². The van der Waals surface area contributed by atoms with Crippen molar-refractivity contribution in [1.82, 2.24) is 4.90 Å². The lowest BCUT2D eigenvalue weighted by atomic mass is 10.3. The van der Waals surface area contributed by atoms with Crippen molar-refractivity contribution in [2.45, 2.75) is 0 Å². The number of rotatable bonds is 6. The molecule has 1 amide bonds. The number of amides is 1. The summed E-state index contributed by atoms with van der Waals surface area (Å²) in [6.07, 6.45) is 0. The first-order chi connectivity index (χ1) is 10.1. The summed E-state index contributed by atoms with van der Waals surface area (Å²) in [6, 6.07) is 9.28. The van der Waals surface area contributed by atoms with Crippen molar-refractivity contribution in [2.75, 3.05) is 27.3 Å². The molecule has 0 atom stereocenters. The Bertz CT molecular complexity index is 597. The number of methoxy groups -OCH3 is 1. The highest BCUT2D eigenvalue weighted by atomic mass is 127. The summed E-state index contributed by atoms with van der Waals surface area (Å²) in [4.78, 5) is 13.8. The number of carbonyl (C=O) groups is 1. The minimum Gasteiger partial charge on any atom is -0.497 e. The van der Waals surface area contributed by atoms with Crippen molar-refractivity contribution >= 4 is 39.8 Å². The Morgan fingerprint density at radius 2 is 1.95 bits per heavy atom. The molecule has 1 aromatic carbocycles. The molecule has 0 fully saturated rings. The minimum absolute atomic E-state index is 0.0208. The molecule has 0 spiro atoms. The van der Waals surface area contributed by atoms with Crippen LogP contribution >= 0.6 is 33.9 Å². The standard InChI is InChI=1S/C15H16INO3S/c1-17(15(18)11-9-14(16)21-10-11)7-8-20-13-5-3-12(19-2)4-6-13/h3-6,9-10H,7-8H2,1-2H3. The van der Waals surface area contributed by atoms with E-state index >= 15 is 0 Å². The molecule has 0 N–H and O–H groups in total. The van der Waals surface area contributed by atoms with Crippen LogP contribution in [-0.2, 0) is 0 Å². The highest BCUT2D eigenvalue weighted by molar-refractivity contribution is 14.1. The SMILES string of the molecule is COc1ccc(OCCN(C)C(=O)c2csc(I)c2)cc1. The zero-order chi connectivity index (χ0) is 15.2. The lowest BCUT2D eigenvalue weighted by Gasteiger charge is -2.16. The highest BCUT2D eigenvalue weighted by Crippen LogP contribution is 2.18. The Morgan fingerprint density at radius 1 is 1.29 bits per heavy atom. The fraction of sp³-hybridized carbons (Fsp3) is 0.267. The molecule has 2 aromatic rings. The fourth-order valence-electron chi connectivity index (χ4n) is 1.72. The van der Waals surface area contributed by atoms with Gasteiger partial charge in [-0.05, 0) is 52.9 Å². The van der Waals surface area contributed by atoms with E-state index in [1.165, 1.54) is 0 Å². The van der Waals surface area contributed by atoms with E-state index in [4.69, 9.17) is 9.47 Å². The van der Waals surface area contributed by atoms with Crippen molar-refractivity contribution in [3.63, 3.8) is 0 Å². The zero-order valence-electron chi connectivity index (χ0n) is 11.8. The highest BCUT2D eigenvalue weighted by Gasteiger charge is 2.13. The van der Waals surface area contributed by atoms with Gasteiger partial charge in [-0.2, -0.15) is 0 Å². The van der Waals surface area contributed by atoms with Crippen LogP contribution < -0.4 is 9.47 Å². The summed E-state index contributed by atoms with van der Waals surface area (Å²) >= 11 is 3.78. The average molecular weight is 417 g/mol. The fourth-order valence-corrected chi connectivity index (χ4v) is 3.04. The molecular weight excluding hydrogens is 401 g/mol. The summed E-state index contributed by atoms with van der Waals surface area (Å²) in [5.74, 6) is 1.58. The second-order valence-electron chi connectivity index (χ2n) is 4.39. The molecule has 112 valence electrons. The maximum Gasteiger partial charge on any atom is 0.254 e. The van der Waals surface area contributed by atoms with E-state index in [1.807, 2.05) is 35.7 Å². The number of carbonyl (C=O) groups excluding carboxylic acids is 1. The van der Waals surface area contributed by atoms with Crippen LogP contribution in [0.4, 0.5) is 0 Å². The predicted octanol–water partition coefficient (Wildman–Crippen LogP) is 3.51. The average Bonchev–Trinajstić information content (AvgIpc) is 2.93. The van der Waals surface area contributed by atoms with Crippen LogP contribution in [0.3, 0.4) is 0 Å². The van der Waals surface area contributed by atoms with Gasteiger partial charge in [0.05, 0.1) is 22.1 Å². The predicted molar refractivity (Wildman–Crippen MR) is 92.5 cm³/mol. The molecule has 0 bridgehead atoms. The number of likely N-dealkylation sites (N-methyl/N-ethyl adjacent to an activating group) is 1. The van der Waals surface area contributed by atoms with Gasteiger partial charge in [0.2, 0.25) is 0 Å². The number of hydrogen-bond donors (Lipinski definition) is 0. The topological polar surface area (TPSA) is 38.8 Å². The molecule has 1 aromatic heterocycles. The van der Waals surface area contributed by atoms with Crippen LogP contribution in [0.25, 0.3) is 0 Å². The van der Waals surface area contributed by atoms with Crippen molar-refractivity contribution in [3.8, 4) is 11.5 Å². The molecule has 0 unspecified atom stereocenters. The van der Waals surface area contributed by atoms with Gasteiger partial charge in [-0.15, -0.1) is 11.3 Å². The minimum atomic E-state index is 0.0208. The van der Waals surface area contributed by atoms with Crippen molar-refractivity contribution in [3.05, 3.63) is 44.2 Å².